The van der Waals surface area contributed by atoms with Gasteiger partial charge in [-0.1, -0.05) is 13.0 Å². The summed E-state index contributed by atoms with van der Waals surface area (Å²) in [6.07, 6.45) is 4.51. The van der Waals surface area contributed by atoms with Crippen LogP contribution in [-0.2, 0) is 6.42 Å². The zero-order valence-electron chi connectivity index (χ0n) is 15.0. The summed E-state index contributed by atoms with van der Waals surface area (Å²) in [5, 5.41) is 7.22. The summed E-state index contributed by atoms with van der Waals surface area (Å²) in [5.41, 5.74) is 4.57. The molecule has 3 aromatic rings. The Bertz CT molecular complexity index is 828. The van der Waals surface area contributed by atoms with Gasteiger partial charge in [0, 0.05) is 24.3 Å². The average molecular weight is 357 g/mol. The number of rotatable bonds is 7. The van der Waals surface area contributed by atoms with E-state index in [0.29, 0.717) is 11.0 Å². The smallest absolute Gasteiger partial charge is 0.299 e. The number of hydrogen-bond donors (Lipinski definition) is 1. The molecule has 6 nitrogen and oxygen atoms in total. The van der Waals surface area contributed by atoms with Crippen molar-refractivity contribution < 1.29 is 4.74 Å². The molecule has 0 aliphatic carbocycles. The van der Waals surface area contributed by atoms with Gasteiger partial charge in [0.2, 0.25) is 0 Å². The van der Waals surface area contributed by atoms with E-state index in [9.17, 15) is 0 Å². The molecule has 2 heterocycles. The Kier molecular flexibility index (Phi) is 5.45. The van der Waals surface area contributed by atoms with Gasteiger partial charge >= 0.3 is 0 Å². The quantitative estimate of drug-likeness (QED) is 0.696. The number of nitrogens with one attached hydrogen (secondary N) is 1. The summed E-state index contributed by atoms with van der Waals surface area (Å²) in [4.78, 5) is 6.75. The molecule has 132 valence electrons. The first-order valence-electron chi connectivity index (χ1n) is 8.36. The highest BCUT2D eigenvalue weighted by Crippen LogP contribution is 2.30. The Morgan fingerprint density at radius 2 is 2.08 bits per heavy atom. The van der Waals surface area contributed by atoms with Gasteiger partial charge in [0.25, 0.3) is 5.19 Å². The lowest BCUT2D eigenvalue weighted by atomic mass is 10.0. The molecule has 2 aromatic heterocycles. The normalized spacial score (nSPS) is 11.2. The van der Waals surface area contributed by atoms with E-state index in [4.69, 9.17) is 4.74 Å². The molecule has 0 bridgehead atoms. The second-order valence-corrected chi connectivity index (χ2v) is 6.88. The van der Waals surface area contributed by atoms with Gasteiger partial charge in [0.1, 0.15) is 5.75 Å². The SMILES string of the molecule is CCN(C)CCc1cc(C)c(Oc2nc(-c3cn[nH]c3)ns2)cc1C. The van der Waals surface area contributed by atoms with Crippen molar-refractivity contribution in [2.45, 2.75) is 27.2 Å². The molecule has 0 fully saturated rings. The number of ether oxygens (including phenoxy) is 1. The largest absolute Gasteiger partial charge is 0.430 e. The number of likely N-dealkylation sites (N-methyl/N-ethyl adjacent to an activating group) is 1. The minimum Gasteiger partial charge on any atom is -0.430 e. The van der Waals surface area contributed by atoms with Crippen molar-refractivity contribution in [3.8, 4) is 22.3 Å². The van der Waals surface area contributed by atoms with Crippen LogP contribution in [0.5, 0.6) is 10.9 Å². The number of nitrogens with zero attached hydrogens (tertiary/aromatic N) is 4. The highest BCUT2D eigenvalue weighted by Gasteiger charge is 2.12. The number of benzene rings is 1. The van der Waals surface area contributed by atoms with Crippen LogP contribution >= 0.6 is 11.5 Å². The maximum Gasteiger partial charge on any atom is 0.299 e. The fourth-order valence-electron chi connectivity index (χ4n) is 2.53. The summed E-state index contributed by atoms with van der Waals surface area (Å²) in [5.74, 6) is 1.46. The number of aryl methyl sites for hydroxylation is 2. The molecule has 0 spiro atoms. The van der Waals surface area contributed by atoms with Crippen LogP contribution in [0.15, 0.2) is 24.5 Å². The predicted octanol–water partition coefficient (Wildman–Crippen LogP) is 3.83. The van der Waals surface area contributed by atoms with Gasteiger partial charge in [-0.2, -0.15) is 14.5 Å². The Labute approximate surface area is 152 Å². The van der Waals surface area contributed by atoms with E-state index in [-0.39, 0.29) is 0 Å². The van der Waals surface area contributed by atoms with E-state index in [0.717, 1.165) is 36.4 Å². The first-order chi connectivity index (χ1) is 12.1. The highest BCUT2D eigenvalue weighted by atomic mass is 32.1. The lowest BCUT2D eigenvalue weighted by Crippen LogP contribution is -2.20. The molecule has 7 heteroatoms. The van der Waals surface area contributed by atoms with Crippen LogP contribution in [0.2, 0.25) is 0 Å². The predicted molar refractivity (Wildman–Crippen MR) is 100 cm³/mol. The van der Waals surface area contributed by atoms with Gasteiger partial charge in [-0.25, -0.2) is 0 Å². The molecular formula is C18H23N5OS. The minimum atomic E-state index is 0.539. The molecule has 0 saturated carbocycles. The minimum absolute atomic E-state index is 0.539. The average Bonchev–Trinajstić information content (AvgIpc) is 3.27. The van der Waals surface area contributed by atoms with Gasteiger partial charge < -0.3 is 9.64 Å². The Hall–Kier alpha value is -2.25. The Morgan fingerprint density at radius 3 is 2.80 bits per heavy atom. The van der Waals surface area contributed by atoms with E-state index in [2.05, 4.69) is 64.4 Å². The van der Waals surface area contributed by atoms with Gasteiger partial charge in [-0.3, -0.25) is 5.10 Å². The third-order valence-electron chi connectivity index (χ3n) is 4.30. The van der Waals surface area contributed by atoms with Gasteiger partial charge in [-0.15, -0.1) is 0 Å². The summed E-state index contributed by atoms with van der Waals surface area (Å²) in [6.45, 7) is 8.50. The van der Waals surface area contributed by atoms with Crippen molar-refractivity contribution in [1.29, 1.82) is 0 Å². The van der Waals surface area contributed by atoms with E-state index < -0.39 is 0 Å². The van der Waals surface area contributed by atoms with E-state index in [1.807, 2.05) is 0 Å². The molecule has 3 rings (SSSR count). The van der Waals surface area contributed by atoms with E-state index >= 15 is 0 Å². The zero-order valence-corrected chi connectivity index (χ0v) is 15.9. The first-order valence-corrected chi connectivity index (χ1v) is 9.13. The number of aromatic amines is 1. The van der Waals surface area contributed by atoms with Crippen molar-refractivity contribution >= 4 is 11.5 Å². The van der Waals surface area contributed by atoms with Crippen LogP contribution in [0.4, 0.5) is 0 Å². The highest BCUT2D eigenvalue weighted by molar-refractivity contribution is 7.07. The Balaban J connectivity index is 1.73. The molecule has 1 N–H and O–H groups in total. The van der Waals surface area contributed by atoms with Crippen LogP contribution in [0.25, 0.3) is 11.4 Å². The van der Waals surface area contributed by atoms with Gasteiger partial charge in [0.05, 0.1) is 11.8 Å². The van der Waals surface area contributed by atoms with Crippen molar-refractivity contribution in [3.63, 3.8) is 0 Å². The molecule has 0 aliphatic heterocycles. The standard InChI is InChI=1S/C18H23N5OS/c1-5-23(4)7-6-14-8-13(3)16(9-12(14)2)24-18-21-17(22-25-18)15-10-19-20-11-15/h8-11H,5-7H2,1-4H3,(H,19,20). The molecule has 1 aromatic carbocycles. The zero-order chi connectivity index (χ0) is 17.8. The molecular weight excluding hydrogens is 334 g/mol. The van der Waals surface area contributed by atoms with Crippen molar-refractivity contribution in [1.82, 2.24) is 24.5 Å². The third kappa shape index (κ3) is 4.24. The number of H-pyrrole nitrogens is 1. The lowest BCUT2D eigenvalue weighted by molar-refractivity contribution is 0.357. The fourth-order valence-corrected chi connectivity index (χ4v) is 3.10. The molecule has 0 aliphatic rings. The summed E-state index contributed by atoms with van der Waals surface area (Å²) in [7, 11) is 2.15. The summed E-state index contributed by atoms with van der Waals surface area (Å²) >= 11 is 1.25. The first kappa shape index (κ1) is 17.6. The van der Waals surface area contributed by atoms with Crippen molar-refractivity contribution in [3.05, 3.63) is 41.2 Å². The van der Waals surface area contributed by atoms with Crippen LogP contribution in [0.1, 0.15) is 23.6 Å². The molecule has 0 unspecified atom stereocenters. The summed E-state index contributed by atoms with van der Waals surface area (Å²) in [6, 6.07) is 4.31. The van der Waals surface area contributed by atoms with Gasteiger partial charge in [0.15, 0.2) is 5.82 Å². The van der Waals surface area contributed by atoms with E-state index in [1.54, 1.807) is 12.4 Å². The Morgan fingerprint density at radius 1 is 1.24 bits per heavy atom. The number of aromatic nitrogens is 4. The maximum absolute atomic E-state index is 5.97. The molecule has 25 heavy (non-hydrogen) atoms. The van der Waals surface area contributed by atoms with Crippen molar-refractivity contribution in [2.24, 2.45) is 0 Å². The second-order valence-electron chi connectivity index (χ2n) is 6.16. The summed E-state index contributed by atoms with van der Waals surface area (Å²) < 4.78 is 10.3. The maximum atomic E-state index is 5.97. The van der Waals surface area contributed by atoms with Crippen LogP contribution in [-0.4, -0.2) is 44.6 Å². The van der Waals surface area contributed by atoms with Gasteiger partial charge in [-0.05, 0) is 56.6 Å². The molecule has 0 radical (unpaired) electrons. The topological polar surface area (TPSA) is 66.9 Å². The monoisotopic (exact) mass is 357 g/mol. The molecule has 0 amide bonds. The van der Waals surface area contributed by atoms with Crippen LogP contribution in [0, 0.1) is 13.8 Å². The second kappa shape index (κ2) is 7.76. The fraction of sp³-hybridized carbons (Fsp3) is 0.389. The number of hydrogen-bond acceptors (Lipinski definition) is 6. The van der Waals surface area contributed by atoms with Crippen LogP contribution in [0.3, 0.4) is 0 Å². The molecule has 0 saturated heterocycles. The third-order valence-corrected chi connectivity index (χ3v) is 4.89. The van der Waals surface area contributed by atoms with Crippen molar-refractivity contribution in [2.75, 3.05) is 20.1 Å². The van der Waals surface area contributed by atoms with E-state index in [1.165, 1.54) is 22.7 Å². The lowest BCUT2D eigenvalue weighted by Gasteiger charge is -2.16. The van der Waals surface area contributed by atoms with Crippen LogP contribution < -0.4 is 4.74 Å². The molecule has 0 atom stereocenters.